The van der Waals surface area contributed by atoms with E-state index in [0.29, 0.717) is 12.1 Å². The van der Waals surface area contributed by atoms with Crippen LogP contribution in [0.4, 0.5) is 30.7 Å². The summed E-state index contributed by atoms with van der Waals surface area (Å²) in [6, 6.07) is 1.92. The Bertz CT molecular complexity index is 1200. The van der Waals surface area contributed by atoms with Crippen LogP contribution in [0.3, 0.4) is 0 Å². The van der Waals surface area contributed by atoms with E-state index in [1.165, 1.54) is 0 Å². The fraction of sp³-hybridized carbons (Fsp3) is 0.238. The first kappa shape index (κ1) is 24.9. The van der Waals surface area contributed by atoms with Crippen LogP contribution in [-0.2, 0) is 21.9 Å². The minimum atomic E-state index is -5.05. The Kier molecular flexibility index (Phi) is 6.75. The topological polar surface area (TPSA) is 69.9 Å². The molecule has 0 unspecified atom stereocenters. The highest BCUT2D eigenvalue weighted by atomic mass is 19.4. The zero-order valence-electron chi connectivity index (χ0n) is 17.4. The number of ether oxygens (including phenoxy) is 1. The van der Waals surface area contributed by atoms with Gasteiger partial charge in [0.2, 0.25) is 0 Å². The highest BCUT2D eigenvalue weighted by Crippen LogP contribution is 2.38. The average Bonchev–Trinajstić information content (AvgIpc) is 3.18. The molecule has 0 aliphatic carbocycles. The van der Waals surface area contributed by atoms with E-state index >= 15 is 0 Å². The summed E-state index contributed by atoms with van der Waals surface area (Å²) >= 11 is 0. The molecule has 0 saturated carbocycles. The first-order valence-corrected chi connectivity index (χ1v) is 9.49. The van der Waals surface area contributed by atoms with Gasteiger partial charge in [-0.3, -0.25) is 4.98 Å². The highest BCUT2D eigenvalue weighted by Gasteiger charge is 2.37. The number of nitrogens with zero attached hydrogens (tertiary/aromatic N) is 4. The zero-order chi connectivity index (χ0) is 25.3. The van der Waals surface area contributed by atoms with Crippen molar-refractivity contribution < 1.29 is 40.3 Å². The van der Waals surface area contributed by atoms with Crippen LogP contribution in [0.1, 0.15) is 30.5 Å². The van der Waals surface area contributed by atoms with Crippen LogP contribution in [0.15, 0.2) is 43.0 Å². The number of esters is 1. The number of alkyl halides is 6. The van der Waals surface area contributed by atoms with E-state index < -0.39 is 52.8 Å². The van der Waals surface area contributed by atoms with Crippen molar-refractivity contribution in [1.29, 1.82) is 0 Å². The molecule has 0 atom stereocenters. The Morgan fingerprint density at radius 2 is 1.62 bits per heavy atom. The van der Waals surface area contributed by atoms with Gasteiger partial charge in [-0.15, -0.1) is 5.10 Å². The third-order valence-electron chi connectivity index (χ3n) is 4.19. The minimum absolute atomic E-state index is 0.00104. The molecule has 0 aliphatic rings. The molecule has 2 heterocycles. The molecule has 0 aliphatic heterocycles. The Morgan fingerprint density at radius 1 is 1.00 bits per heavy atom. The van der Waals surface area contributed by atoms with Gasteiger partial charge in [0.15, 0.2) is 5.82 Å². The van der Waals surface area contributed by atoms with Gasteiger partial charge in [-0.2, -0.15) is 26.3 Å². The van der Waals surface area contributed by atoms with E-state index in [9.17, 15) is 35.5 Å². The molecular weight excluding hydrogens is 473 g/mol. The van der Waals surface area contributed by atoms with Crippen molar-refractivity contribution in [2.75, 3.05) is 0 Å². The Balaban J connectivity index is 2.08. The van der Waals surface area contributed by atoms with Crippen molar-refractivity contribution in [1.82, 2.24) is 19.7 Å². The monoisotopic (exact) mass is 488 g/mol. The molecule has 0 radical (unpaired) electrons. The lowest BCUT2D eigenvalue weighted by Gasteiger charge is -2.13. The quantitative estimate of drug-likeness (QED) is 0.271. The SMILES string of the molecule is CC(C)OC(=O)C(=Cn1cnc(-c2cc(C(F)(F)F)cc(C(F)(F)F)c2)n1)c1cncc(F)c1. The number of hydrogen-bond acceptors (Lipinski definition) is 5. The van der Waals surface area contributed by atoms with E-state index in [-0.39, 0.29) is 17.2 Å². The second-order valence-electron chi connectivity index (χ2n) is 7.23. The summed E-state index contributed by atoms with van der Waals surface area (Å²) in [6.07, 6.45) is -6.58. The third-order valence-corrected chi connectivity index (χ3v) is 4.19. The van der Waals surface area contributed by atoms with E-state index in [1.54, 1.807) is 13.8 Å². The van der Waals surface area contributed by atoms with Crippen molar-refractivity contribution >= 4 is 17.7 Å². The van der Waals surface area contributed by atoms with Crippen molar-refractivity contribution in [2.24, 2.45) is 0 Å². The molecule has 6 nitrogen and oxygen atoms in total. The molecule has 3 aromatic rings. The Hall–Kier alpha value is -3.77. The van der Waals surface area contributed by atoms with Crippen LogP contribution in [-0.4, -0.2) is 31.8 Å². The van der Waals surface area contributed by atoms with Gasteiger partial charge in [0, 0.05) is 23.5 Å². The van der Waals surface area contributed by atoms with Gasteiger partial charge in [-0.25, -0.2) is 18.9 Å². The maximum atomic E-state index is 13.6. The average molecular weight is 488 g/mol. The fourth-order valence-electron chi connectivity index (χ4n) is 2.77. The number of pyridine rings is 1. The van der Waals surface area contributed by atoms with Crippen molar-refractivity contribution in [2.45, 2.75) is 32.3 Å². The summed E-state index contributed by atoms with van der Waals surface area (Å²) in [6.45, 7) is 3.14. The van der Waals surface area contributed by atoms with Crippen molar-refractivity contribution in [3.63, 3.8) is 0 Å². The molecule has 0 N–H and O–H groups in total. The molecule has 0 saturated heterocycles. The summed E-state index contributed by atoms with van der Waals surface area (Å²) in [7, 11) is 0. The summed E-state index contributed by atoms with van der Waals surface area (Å²) in [5.74, 6) is -2.12. The van der Waals surface area contributed by atoms with Crippen LogP contribution >= 0.6 is 0 Å². The third kappa shape index (κ3) is 5.97. The lowest BCUT2D eigenvalue weighted by atomic mass is 10.0. The van der Waals surface area contributed by atoms with Crippen molar-refractivity contribution in [3.8, 4) is 11.4 Å². The maximum Gasteiger partial charge on any atom is 0.416 e. The smallest absolute Gasteiger partial charge is 0.416 e. The second-order valence-corrected chi connectivity index (χ2v) is 7.23. The molecular formula is C21H15F7N4O2. The van der Waals surface area contributed by atoms with Gasteiger partial charge in [0.25, 0.3) is 0 Å². The second kappa shape index (κ2) is 9.23. The van der Waals surface area contributed by atoms with Crippen molar-refractivity contribution in [3.05, 3.63) is 65.5 Å². The molecule has 180 valence electrons. The molecule has 0 bridgehead atoms. The van der Waals surface area contributed by atoms with Gasteiger partial charge in [0.05, 0.1) is 29.0 Å². The highest BCUT2D eigenvalue weighted by molar-refractivity contribution is 6.20. The molecule has 0 fully saturated rings. The lowest BCUT2D eigenvalue weighted by molar-refractivity contribution is -0.143. The fourth-order valence-corrected chi connectivity index (χ4v) is 2.77. The molecule has 0 spiro atoms. The number of halogens is 7. The number of carbonyl (C=O) groups excluding carboxylic acids is 1. The summed E-state index contributed by atoms with van der Waals surface area (Å²) < 4.78 is 98.4. The molecule has 34 heavy (non-hydrogen) atoms. The van der Waals surface area contributed by atoms with E-state index in [0.717, 1.165) is 35.7 Å². The summed E-state index contributed by atoms with van der Waals surface area (Å²) in [4.78, 5) is 19.9. The molecule has 2 aromatic heterocycles. The zero-order valence-corrected chi connectivity index (χ0v) is 17.4. The van der Waals surface area contributed by atoms with Gasteiger partial charge < -0.3 is 4.74 Å². The van der Waals surface area contributed by atoms with Crippen LogP contribution < -0.4 is 0 Å². The first-order valence-electron chi connectivity index (χ1n) is 9.49. The van der Waals surface area contributed by atoms with E-state index in [1.807, 2.05) is 0 Å². The summed E-state index contributed by atoms with van der Waals surface area (Å²) in [5, 5.41) is 3.85. The van der Waals surface area contributed by atoms with Crippen LogP contribution in [0, 0.1) is 5.82 Å². The van der Waals surface area contributed by atoms with Gasteiger partial charge in [-0.1, -0.05) is 0 Å². The Labute approximate surface area is 187 Å². The van der Waals surface area contributed by atoms with Gasteiger partial charge in [0.1, 0.15) is 12.1 Å². The number of benzene rings is 1. The van der Waals surface area contributed by atoms with E-state index in [4.69, 9.17) is 4.74 Å². The molecule has 0 amide bonds. The predicted octanol–water partition coefficient (Wildman–Crippen LogP) is 5.47. The number of rotatable bonds is 5. The number of carbonyl (C=O) groups is 1. The minimum Gasteiger partial charge on any atom is -0.459 e. The Morgan fingerprint density at radius 3 is 2.15 bits per heavy atom. The van der Waals surface area contributed by atoms with Crippen LogP contribution in [0.25, 0.3) is 23.2 Å². The largest absolute Gasteiger partial charge is 0.459 e. The van der Waals surface area contributed by atoms with Gasteiger partial charge in [-0.05, 0) is 38.1 Å². The predicted molar refractivity (Wildman–Crippen MR) is 105 cm³/mol. The molecule has 1 aromatic carbocycles. The maximum absolute atomic E-state index is 13.6. The lowest BCUT2D eigenvalue weighted by Crippen LogP contribution is -2.14. The normalized spacial score (nSPS) is 12.8. The van der Waals surface area contributed by atoms with Gasteiger partial charge >= 0.3 is 18.3 Å². The summed E-state index contributed by atoms with van der Waals surface area (Å²) in [5.41, 5.74) is -3.83. The number of hydrogen-bond donors (Lipinski definition) is 0. The standard InChI is InChI=1S/C21H15F7N4O2/c1-11(2)34-19(33)17(13-5-16(22)8-29-7-13)9-32-10-30-18(31-32)12-3-14(20(23,24)25)6-15(4-12)21(26,27)28/h3-11H,1-2H3. The first-order chi connectivity index (χ1) is 15.7. The van der Waals surface area contributed by atoms with E-state index in [2.05, 4.69) is 15.1 Å². The molecule has 3 rings (SSSR count). The van der Waals surface area contributed by atoms with Crippen LogP contribution in [0.5, 0.6) is 0 Å². The molecule has 13 heteroatoms. The van der Waals surface area contributed by atoms with Crippen LogP contribution in [0.2, 0.25) is 0 Å². The number of aromatic nitrogens is 4.